The molecular weight excluding hydrogens is 376 g/mol. The number of hydrogen-bond acceptors (Lipinski definition) is 4. The second kappa shape index (κ2) is 10.5. The number of aliphatic imine (C=N–C) groups is 1. The van der Waals surface area contributed by atoms with Gasteiger partial charge >= 0.3 is 0 Å². The van der Waals surface area contributed by atoms with E-state index >= 15 is 0 Å². The number of carbonyl (C=O) groups excluding carboxylic acids is 1. The molecule has 0 spiro atoms. The van der Waals surface area contributed by atoms with Gasteiger partial charge in [-0.05, 0) is 25.8 Å². The number of hydrogen-bond donors (Lipinski definition) is 3. The molecule has 2 unspecified atom stereocenters. The normalized spacial score (nSPS) is 19.8. The van der Waals surface area contributed by atoms with Crippen LogP contribution < -0.4 is 16.0 Å². The van der Waals surface area contributed by atoms with Crippen molar-refractivity contribution in [2.24, 2.45) is 4.99 Å². The number of sulfone groups is 1. The van der Waals surface area contributed by atoms with Crippen LogP contribution in [0, 0.1) is 6.92 Å². The molecule has 156 valence electrons. The highest BCUT2D eigenvalue weighted by atomic mass is 32.2. The van der Waals surface area contributed by atoms with Crippen LogP contribution in [0.15, 0.2) is 29.3 Å². The minimum absolute atomic E-state index is 0.0487. The molecule has 0 saturated carbocycles. The number of benzene rings is 1. The number of nitrogens with one attached hydrogen (secondary N) is 3. The molecule has 0 aliphatic carbocycles. The lowest BCUT2D eigenvalue weighted by Gasteiger charge is -2.15. The van der Waals surface area contributed by atoms with Gasteiger partial charge in [-0.3, -0.25) is 9.79 Å². The molecular formula is C20H32N4O3S. The van der Waals surface area contributed by atoms with Gasteiger partial charge in [0.15, 0.2) is 15.8 Å². The highest BCUT2D eigenvalue weighted by molar-refractivity contribution is 7.91. The molecule has 0 radical (unpaired) electrons. The van der Waals surface area contributed by atoms with E-state index in [-0.39, 0.29) is 29.9 Å². The maximum absolute atomic E-state index is 12.0. The molecule has 8 heteroatoms. The van der Waals surface area contributed by atoms with E-state index in [1.807, 2.05) is 6.92 Å². The summed E-state index contributed by atoms with van der Waals surface area (Å²) in [5.74, 6) is 1.04. The first-order valence-corrected chi connectivity index (χ1v) is 11.7. The molecule has 1 fully saturated rings. The summed E-state index contributed by atoms with van der Waals surface area (Å²) in [5, 5.41) is 9.16. The zero-order chi connectivity index (χ0) is 20.6. The first-order chi connectivity index (χ1) is 13.3. The van der Waals surface area contributed by atoms with Crippen molar-refractivity contribution in [3.05, 3.63) is 35.4 Å². The van der Waals surface area contributed by atoms with Crippen molar-refractivity contribution in [2.45, 2.75) is 45.6 Å². The highest BCUT2D eigenvalue weighted by Gasteiger charge is 2.28. The first kappa shape index (κ1) is 22.2. The average Bonchev–Trinajstić information content (AvgIpc) is 2.97. The fraction of sp³-hybridized carbons (Fsp3) is 0.600. The minimum atomic E-state index is -2.98. The Bertz CT molecular complexity index is 792. The van der Waals surface area contributed by atoms with E-state index in [0.717, 1.165) is 6.54 Å². The lowest BCUT2D eigenvalue weighted by atomic mass is 10.00. The fourth-order valence-electron chi connectivity index (χ4n) is 3.16. The topological polar surface area (TPSA) is 99.7 Å². The Morgan fingerprint density at radius 3 is 2.75 bits per heavy atom. The van der Waals surface area contributed by atoms with E-state index in [1.54, 1.807) is 0 Å². The van der Waals surface area contributed by atoms with Crippen LogP contribution in [-0.4, -0.2) is 57.5 Å². The standard InChI is InChI=1S/C20H32N4O3S/c1-4-21-20(23-13-16(3)17-7-5-6-15(2)12-17)22-10-8-19(25)24-18-9-11-28(26,27)14-18/h5-7,12,16,18H,4,8-11,13-14H2,1-3H3,(H,24,25)(H2,21,22,23). The summed E-state index contributed by atoms with van der Waals surface area (Å²) in [5.41, 5.74) is 2.49. The third-order valence-electron chi connectivity index (χ3n) is 4.72. The lowest BCUT2D eigenvalue weighted by Crippen LogP contribution is -2.41. The third-order valence-corrected chi connectivity index (χ3v) is 6.49. The number of guanidine groups is 1. The molecule has 1 heterocycles. The molecule has 1 aromatic rings. The van der Waals surface area contributed by atoms with Gasteiger partial charge in [0.1, 0.15) is 0 Å². The van der Waals surface area contributed by atoms with Crippen molar-refractivity contribution in [1.29, 1.82) is 0 Å². The average molecular weight is 409 g/mol. The molecule has 3 N–H and O–H groups in total. The van der Waals surface area contributed by atoms with Crippen LogP contribution in [0.2, 0.25) is 0 Å². The molecule has 1 aliphatic rings. The molecule has 7 nitrogen and oxygen atoms in total. The Morgan fingerprint density at radius 2 is 2.11 bits per heavy atom. The maximum atomic E-state index is 12.0. The summed E-state index contributed by atoms with van der Waals surface area (Å²) in [7, 11) is -2.98. The molecule has 0 bridgehead atoms. The van der Waals surface area contributed by atoms with Gasteiger partial charge in [-0.15, -0.1) is 0 Å². The van der Waals surface area contributed by atoms with Gasteiger partial charge in [0.2, 0.25) is 5.91 Å². The van der Waals surface area contributed by atoms with Crippen LogP contribution >= 0.6 is 0 Å². The first-order valence-electron chi connectivity index (χ1n) is 9.87. The Labute approximate surface area is 168 Å². The SMILES string of the molecule is CCNC(=NCC(C)c1cccc(C)c1)NCCC(=O)NC1CCS(=O)(=O)C1. The molecule has 1 aromatic carbocycles. The maximum Gasteiger partial charge on any atom is 0.222 e. The predicted molar refractivity (Wildman–Crippen MR) is 113 cm³/mol. The summed E-state index contributed by atoms with van der Waals surface area (Å²) in [6, 6.07) is 8.17. The Morgan fingerprint density at radius 1 is 1.32 bits per heavy atom. The summed E-state index contributed by atoms with van der Waals surface area (Å²) < 4.78 is 22.9. The van der Waals surface area contributed by atoms with Gasteiger partial charge in [0, 0.05) is 38.0 Å². The van der Waals surface area contributed by atoms with Crippen LogP contribution in [0.4, 0.5) is 0 Å². The largest absolute Gasteiger partial charge is 0.357 e. The predicted octanol–water partition coefficient (Wildman–Crippen LogP) is 1.35. The van der Waals surface area contributed by atoms with Crippen molar-refractivity contribution in [3.8, 4) is 0 Å². The van der Waals surface area contributed by atoms with Crippen LogP contribution in [0.1, 0.15) is 43.7 Å². The quantitative estimate of drug-likeness (QED) is 0.445. The molecule has 2 rings (SSSR count). The molecule has 2 atom stereocenters. The van der Waals surface area contributed by atoms with E-state index in [9.17, 15) is 13.2 Å². The Hall–Kier alpha value is -2.09. The molecule has 1 aliphatic heterocycles. The summed E-state index contributed by atoms with van der Waals surface area (Å²) in [4.78, 5) is 16.6. The summed E-state index contributed by atoms with van der Waals surface area (Å²) >= 11 is 0. The number of rotatable bonds is 8. The Kier molecular flexibility index (Phi) is 8.29. The number of carbonyl (C=O) groups is 1. The van der Waals surface area contributed by atoms with E-state index in [2.05, 4.69) is 59.1 Å². The smallest absolute Gasteiger partial charge is 0.222 e. The molecule has 1 saturated heterocycles. The summed E-state index contributed by atoms with van der Waals surface area (Å²) in [6.45, 7) is 8.04. The van der Waals surface area contributed by atoms with Crippen LogP contribution in [0.5, 0.6) is 0 Å². The van der Waals surface area contributed by atoms with E-state index in [0.29, 0.717) is 31.4 Å². The fourth-order valence-corrected chi connectivity index (χ4v) is 4.83. The minimum Gasteiger partial charge on any atom is -0.357 e. The lowest BCUT2D eigenvalue weighted by molar-refractivity contribution is -0.121. The van der Waals surface area contributed by atoms with Gasteiger partial charge in [0.25, 0.3) is 0 Å². The molecule has 0 aromatic heterocycles. The second-order valence-electron chi connectivity index (χ2n) is 7.38. The zero-order valence-electron chi connectivity index (χ0n) is 17.0. The molecule has 28 heavy (non-hydrogen) atoms. The van der Waals surface area contributed by atoms with Crippen molar-refractivity contribution >= 4 is 21.7 Å². The van der Waals surface area contributed by atoms with Crippen molar-refractivity contribution in [1.82, 2.24) is 16.0 Å². The van der Waals surface area contributed by atoms with Crippen molar-refractivity contribution < 1.29 is 13.2 Å². The molecule has 1 amide bonds. The van der Waals surface area contributed by atoms with Crippen LogP contribution in [0.25, 0.3) is 0 Å². The second-order valence-corrected chi connectivity index (χ2v) is 9.61. The Balaban J connectivity index is 1.78. The number of nitrogens with zero attached hydrogens (tertiary/aromatic N) is 1. The van der Waals surface area contributed by atoms with E-state index < -0.39 is 9.84 Å². The summed E-state index contributed by atoms with van der Waals surface area (Å²) in [6.07, 6.45) is 0.775. The van der Waals surface area contributed by atoms with Gasteiger partial charge in [0.05, 0.1) is 11.5 Å². The highest BCUT2D eigenvalue weighted by Crippen LogP contribution is 2.16. The number of amides is 1. The van der Waals surface area contributed by atoms with E-state index in [4.69, 9.17) is 0 Å². The van der Waals surface area contributed by atoms with Gasteiger partial charge < -0.3 is 16.0 Å². The van der Waals surface area contributed by atoms with Crippen molar-refractivity contribution in [3.63, 3.8) is 0 Å². The van der Waals surface area contributed by atoms with Gasteiger partial charge in [-0.25, -0.2) is 8.42 Å². The van der Waals surface area contributed by atoms with Gasteiger partial charge in [-0.2, -0.15) is 0 Å². The van der Waals surface area contributed by atoms with Gasteiger partial charge in [-0.1, -0.05) is 36.8 Å². The van der Waals surface area contributed by atoms with Crippen LogP contribution in [0.3, 0.4) is 0 Å². The third kappa shape index (κ3) is 7.50. The monoisotopic (exact) mass is 408 g/mol. The van der Waals surface area contributed by atoms with E-state index in [1.165, 1.54) is 11.1 Å². The number of aryl methyl sites for hydroxylation is 1. The van der Waals surface area contributed by atoms with Crippen molar-refractivity contribution in [2.75, 3.05) is 31.1 Å². The zero-order valence-corrected chi connectivity index (χ0v) is 17.8. The van der Waals surface area contributed by atoms with Crippen LogP contribution in [-0.2, 0) is 14.6 Å².